The van der Waals surface area contributed by atoms with Crippen LogP contribution in [0.3, 0.4) is 0 Å². The number of ether oxygens (including phenoxy) is 1. The molecule has 0 bridgehead atoms. The number of hydrazine groups is 1. The molecule has 0 radical (unpaired) electrons. The van der Waals surface area contributed by atoms with Crippen molar-refractivity contribution in [3.8, 4) is 5.75 Å². The first-order chi connectivity index (χ1) is 17.4. The average molecular weight is 494 g/mol. The van der Waals surface area contributed by atoms with Gasteiger partial charge >= 0.3 is 6.03 Å². The fourth-order valence-corrected chi connectivity index (χ4v) is 4.93. The number of nitrogens with one attached hydrogen (secondary N) is 1. The van der Waals surface area contributed by atoms with Crippen molar-refractivity contribution in [3.05, 3.63) is 65.7 Å². The van der Waals surface area contributed by atoms with E-state index in [-0.39, 0.29) is 30.9 Å². The molecule has 36 heavy (non-hydrogen) atoms. The molecule has 0 unspecified atom stereocenters. The van der Waals surface area contributed by atoms with E-state index in [1.54, 1.807) is 34.0 Å². The van der Waals surface area contributed by atoms with Crippen LogP contribution < -0.4 is 10.1 Å². The van der Waals surface area contributed by atoms with Crippen LogP contribution in [0.15, 0.2) is 54.6 Å². The van der Waals surface area contributed by atoms with E-state index in [4.69, 9.17) is 4.74 Å². The number of benzene rings is 2. The largest absolute Gasteiger partial charge is 0.497 e. The number of rotatable bonds is 8. The second-order valence-electron chi connectivity index (χ2n) is 9.31. The highest BCUT2D eigenvalue weighted by molar-refractivity contribution is 5.91. The Bertz CT molecular complexity index is 1060. The summed E-state index contributed by atoms with van der Waals surface area (Å²) >= 11 is 0. The zero-order valence-electron chi connectivity index (χ0n) is 21.2. The summed E-state index contributed by atoms with van der Waals surface area (Å²) in [6.07, 6.45) is 1.72. The van der Waals surface area contributed by atoms with Crippen LogP contribution in [0.1, 0.15) is 37.3 Å². The Morgan fingerprint density at radius 1 is 1.06 bits per heavy atom. The Morgan fingerprint density at radius 2 is 1.78 bits per heavy atom. The van der Waals surface area contributed by atoms with Gasteiger partial charge in [0.05, 0.1) is 20.2 Å². The minimum Gasteiger partial charge on any atom is -0.497 e. The number of carbonyl (C=O) groups excluding carboxylic acids is 3. The van der Waals surface area contributed by atoms with Gasteiger partial charge in [-0.05, 0) is 29.7 Å². The maximum Gasteiger partial charge on any atom is 0.334 e. The Balaban J connectivity index is 1.59. The Labute approximate surface area is 212 Å². The molecular weight excluding hydrogens is 458 g/mol. The summed E-state index contributed by atoms with van der Waals surface area (Å²) in [4.78, 5) is 43.6. The highest BCUT2D eigenvalue weighted by Crippen LogP contribution is 2.29. The number of methoxy groups -OCH3 is 1. The number of carbonyl (C=O) groups is 3. The van der Waals surface area contributed by atoms with Crippen molar-refractivity contribution < 1.29 is 19.1 Å². The normalized spacial score (nSPS) is 20.4. The minimum atomic E-state index is -0.590. The fourth-order valence-electron chi connectivity index (χ4n) is 4.93. The zero-order chi connectivity index (χ0) is 25.7. The molecule has 2 aromatic carbocycles. The first-order valence-electron chi connectivity index (χ1n) is 12.5. The van der Waals surface area contributed by atoms with E-state index in [9.17, 15) is 14.4 Å². The molecule has 192 valence electrons. The van der Waals surface area contributed by atoms with Gasteiger partial charge in [-0.1, -0.05) is 62.2 Å². The van der Waals surface area contributed by atoms with Gasteiger partial charge in [-0.15, -0.1) is 0 Å². The van der Waals surface area contributed by atoms with Crippen molar-refractivity contribution in [2.45, 2.75) is 51.5 Å². The van der Waals surface area contributed by atoms with Gasteiger partial charge < -0.3 is 19.9 Å². The third-order valence-electron chi connectivity index (χ3n) is 6.80. The van der Waals surface area contributed by atoms with Crippen LogP contribution >= 0.6 is 0 Å². The molecule has 2 saturated heterocycles. The van der Waals surface area contributed by atoms with Gasteiger partial charge in [0.1, 0.15) is 18.0 Å². The molecule has 0 spiro atoms. The van der Waals surface area contributed by atoms with Gasteiger partial charge in [-0.3, -0.25) is 9.59 Å². The van der Waals surface area contributed by atoms with E-state index < -0.39 is 12.2 Å². The second kappa shape index (κ2) is 11.4. The summed E-state index contributed by atoms with van der Waals surface area (Å²) < 4.78 is 5.25. The van der Waals surface area contributed by atoms with Crippen molar-refractivity contribution >= 4 is 17.8 Å². The lowest BCUT2D eigenvalue weighted by atomic mass is 10.0. The van der Waals surface area contributed by atoms with Crippen LogP contribution in [-0.2, 0) is 22.7 Å². The SMILES string of the molecule is CCCC[C@H]1C(=O)N(Cc2ccc(OC)cc2)C[C@H]2N1C(=O)CN(C)N2C(=O)NCc1ccccc1. The highest BCUT2D eigenvalue weighted by Gasteiger charge is 2.50. The number of likely N-dealkylation sites (N-methyl/N-ethyl adjacent to an activating group) is 1. The molecule has 4 amide bonds. The van der Waals surface area contributed by atoms with E-state index >= 15 is 0 Å². The second-order valence-corrected chi connectivity index (χ2v) is 9.31. The van der Waals surface area contributed by atoms with Crippen LogP contribution in [-0.4, -0.2) is 77.1 Å². The van der Waals surface area contributed by atoms with E-state index in [0.29, 0.717) is 19.5 Å². The standard InChI is InChI=1S/C27H35N5O4/c1-4-5-11-23-26(34)30(17-21-12-14-22(36-3)15-13-21)18-24-31(23)25(33)19-29(2)32(24)27(35)28-16-20-9-7-6-8-10-20/h6-10,12-15,23-24H,4-5,11,16-19H2,1-3H3,(H,28,35)/t23-,24-/m0/s1. The maximum absolute atomic E-state index is 13.6. The van der Waals surface area contributed by atoms with Crippen molar-refractivity contribution in [3.63, 3.8) is 0 Å². The van der Waals surface area contributed by atoms with Crippen LogP contribution in [0.25, 0.3) is 0 Å². The number of unbranched alkanes of at least 4 members (excludes halogenated alkanes) is 1. The predicted molar refractivity (Wildman–Crippen MR) is 136 cm³/mol. The Kier molecular flexibility index (Phi) is 8.10. The van der Waals surface area contributed by atoms with Gasteiger partial charge in [0, 0.05) is 20.1 Å². The van der Waals surface area contributed by atoms with Crippen LogP contribution in [0.5, 0.6) is 5.75 Å². The third kappa shape index (κ3) is 5.46. The number of hydrogen-bond acceptors (Lipinski definition) is 5. The molecule has 0 aliphatic carbocycles. The van der Waals surface area contributed by atoms with Crippen molar-refractivity contribution in [1.29, 1.82) is 0 Å². The molecular formula is C27H35N5O4. The molecule has 0 aromatic heterocycles. The number of urea groups is 1. The Hall–Kier alpha value is -3.59. The fraction of sp³-hybridized carbons (Fsp3) is 0.444. The van der Waals surface area contributed by atoms with Crippen LogP contribution in [0.4, 0.5) is 4.79 Å². The lowest BCUT2D eigenvalue weighted by Crippen LogP contribution is -2.75. The summed E-state index contributed by atoms with van der Waals surface area (Å²) in [6, 6.07) is 16.4. The number of piperazine rings is 1. The number of fused-ring (bicyclic) bond motifs is 1. The lowest BCUT2D eigenvalue weighted by molar-refractivity contribution is -0.188. The monoisotopic (exact) mass is 493 g/mol. The predicted octanol–water partition coefficient (Wildman–Crippen LogP) is 2.82. The summed E-state index contributed by atoms with van der Waals surface area (Å²) in [6.45, 7) is 3.12. The average Bonchev–Trinajstić information content (AvgIpc) is 2.88. The third-order valence-corrected chi connectivity index (χ3v) is 6.80. The van der Waals surface area contributed by atoms with Gasteiger partial charge in [0.25, 0.3) is 0 Å². The van der Waals surface area contributed by atoms with Gasteiger partial charge in [-0.2, -0.15) is 0 Å². The molecule has 2 fully saturated rings. The van der Waals surface area contributed by atoms with Crippen molar-refractivity contribution in [2.24, 2.45) is 0 Å². The number of nitrogens with zero attached hydrogens (tertiary/aromatic N) is 4. The molecule has 2 aromatic rings. The van der Waals surface area contributed by atoms with Gasteiger partial charge in [0.15, 0.2) is 0 Å². The molecule has 4 rings (SSSR count). The van der Waals surface area contributed by atoms with Crippen LogP contribution in [0, 0.1) is 0 Å². The minimum absolute atomic E-state index is 0.0453. The number of hydrogen-bond donors (Lipinski definition) is 1. The Morgan fingerprint density at radius 3 is 2.44 bits per heavy atom. The first kappa shape index (κ1) is 25.5. The highest BCUT2D eigenvalue weighted by atomic mass is 16.5. The van der Waals surface area contributed by atoms with Gasteiger partial charge in [0.2, 0.25) is 11.8 Å². The van der Waals surface area contributed by atoms with E-state index in [0.717, 1.165) is 29.7 Å². The van der Waals surface area contributed by atoms with Gasteiger partial charge in [-0.25, -0.2) is 14.8 Å². The first-order valence-corrected chi connectivity index (χ1v) is 12.5. The van der Waals surface area contributed by atoms with Crippen molar-refractivity contribution in [2.75, 3.05) is 27.2 Å². The maximum atomic E-state index is 13.6. The van der Waals surface area contributed by atoms with Crippen molar-refractivity contribution in [1.82, 2.24) is 25.1 Å². The topological polar surface area (TPSA) is 85.4 Å². The van der Waals surface area contributed by atoms with E-state index in [1.807, 2.05) is 54.6 Å². The summed E-state index contributed by atoms with van der Waals surface area (Å²) in [5.74, 6) is 0.544. The summed E-state index contributed by atoms with van der Waals surface area (Å²) in [7, 11) is 3.35. The molecule has 9 heteroatoms. The molecule has 0 saturated carbocycles. The summed E-state index contributed by atoms with van der Waals surface area (Å²) in [5, 5.41) is 6.23. The lowest BCUT2D eigenvalue weighted by Gasteiger charge is -2.54. The summed E-state index contributed by atoms with van der Waals surface area (Å²) in [5.41, 5.74) is 1.95. The molecule has 9 nitrogen and oxygen atoms in total. The smallest absolute Gasteiger partial charge is 0.334 e. The zero-order valence-corrected chi connectivity index (χ0v) is 21.2. The van der Waals surface area contributed by atoms with E-state index in [1.165, 1.54) is 0 Å². The molecule has 2 heterocycles. The molecule has 2 aliphatic heterocycles. The molecule has 1 N–H and O–H groups in total. The molecule has 2 aliphatic rings. The quantitative estimate of drug-likeness (QED) is 0.611. The van der Waals surface area contributed by atoms with Crippen LogP contribution in [0.2, 0.25) is 0 Å². The molecule has 2 atom stereocenters. The van der Waals surface area contributed by atoms with E-state index in [2.05, 4.69) is 12.2 Å². The number of amides is 4.